The fourth-order valence-electron chi connectivity index (χ4n) is 4.36. The summed E-state index contributed by atoms with van der Waals surface area (Å²) in [6.45, 7) is 6.53. The Morgan fingerprint density at radius 1 is 0.875 bits per heavy atom. The first-order valence-electron chi connectivity index (χ1n) is 10.8. The van der Waals surface area contributed by atoms with Crippen molar-refractivity contribution >= 4 is 22.8 Å². The molecule has 4 aromatic rings. The van der Waals surface area contributed by atoms with E-state index in [2.05, 4.69) is 40.5 Å². The second kappa shape index (κ2) is 8.00. The lowest BCUT2D eigenvalue weighted by molar-refractivity contribution is 0.0746. The molecule has 0 radical (unpaired) electrons. The molecule has 0 unspecified atom stereocenters. The van der Waals surface area contributed by atoms with Gasteiger partial charge in [-0.2, -0.15) is 0 Å². The van der Waals surface area contributed by atoms with Crippen molar-refractivity contribution in [3.63, 3.8) is 0 Å². The van der Waals surface area contributed by atoms with E-state index in [9.17, 15) is 9.59 Å². The van der Waals surface area contributed by atoms with Crippen molar-refractivity contribution < 1.29 is 4.79 Å². The molecule has 0 spiro atoms. The van der Waals surface area contributed by atoms with Crippen LogP contribution in [0.15, 0.2) is 65.5 Å². The van der Waals surface area contributed by atoms with Crippen LogP contribution in [0.25, 0.3) is 16.6 Å². The third kappa shape index (κ3) is 3.56. The topological polar surface area (TPSA) is 74.2 Å². The molecule has 1 saturated heterocycles. The predicted octanol–water partition coefficient (Wildman–Crippen LogP) is 3.29. The molecule has 5 rings (SSSR count). The zero-order valence-electron chi connectivity index (χ0n) is 18.2. The minimum absolute atomic E-state index is 0.0251. The van der Waals surface area contributed by atoms with Gasteiger partial charge in [-0.25, -0.2) is 4.98 Å². The van der Waals surface area contributed by atoms with Gasteiger partial charge in [-0.05, 0) is 62.4 Å². The predicted molar refractivity (Wildman–Crippen MR) is 126 cm³/mol. The number of piperazine rings is 1. The van der Waals surface area contributed by atoms with Crippen LogP contribution in [0.2, 0.25) is 0 Å². The van der Waals surface area contributed by atoms with Gasteiger partial charge in [0.1, 0.15) is 0 Å². The molecule has 2 aromatic carbocycles. The summed E-state index contributed by atoms with van der Waals surface area (Å²) in [7, 11) is 0. The first-order chi connectivity index (χ1) is 15.5. The number of anilines is 1. The molecule has 32 heavy (non-hydrogen) atoms. The summed E-state index contributed by atoms with van der Waals surface area (Å²) >= 11 is 0. The number of para-hydroxylation sites is 1. The number of fused-ring (bicyclic) bond motifs is 1. The number of aromatic amines is 1. The van der Waals surface area contributed by atoms with Crippen LogP contribution in [0, 0.1) is 13.8 Å². The number of amides is 1. The quantitative estimate of drug-likeness (QED) is 0.545. The van der Waals surface area contributed by atoms with Crippen molar-refractivity contribution in [3.05, 3.63) is 88.0 Å². The van der Waals surface area contributed by atoms with Crippen LogP contribution in [-0.2, 0) is 0 Å². The van der Waals surface area contributed by atoms with Gasteiger partial charge in [-0.1, -0.05) is 12.1 Å². The molecule has 3 heterocycles. The van der Waals surface area contributed by atoms with E-state index in [0.29, 0.717) is 48.6 Å². The van der Waals surface area contributed by atoms with Crippen molar-refractivity contribution in [2.45, 2.75) is 13.8 Å². The van der Waals surface area contributed by atoms with E-state index >= 15 is 0 Å². The number of carbonyl (C=O) groups excluding carboxylic acids is 1. The average Bonchev–Trinajstić information content (AvgIpc) is 3.16. The summed E-state index contributed by atoms with van der Waals surface area (Å²) in [6.07, 6.45) is 0. The summed E-state index contributed by atoms with van der Waals surface area (Å²) in [5, 5.41) is 0.582. The lowest BCUT2D eigenvalue weighted by Gasteiger charge is -2.35. The fraction of sp³-hybridized carbons (Fsp3) is 0.240. The molecule has 1 amide bonds. The molecule has 1 aliphatic heterocycles. The smallest absolute Gasteiger partial charge is 0.260 e. The largest absolute Gasteiger partial charge is 0.339 e. The highest BCUT2D eigenvalue weighted by Crippen LogP contribution is 2.19. The van der Waals surface area contributed by atoms with Crippen LogP contribution in [0.1, 0.15) is 21.7 Å². The van der Waals surface area contributed by atoms with Crippen molar-refractivity contribution in [1.82, 2.24) is 19.4 Å². The highest BCUT2D eigenvalue weighted by Gasteiger charge is 2.24. The first kappa shape index (κ1) is 20.1. The maximum atomic E-state index is 13.0. The Morgan fingerprint density at radius 3 is 2.22 bits per heavy atom. The van der Waals surface area contributed by atoms with E-state index < -0.39 is 0 Å². The molecule has 1 fully saturated rings. The molecule has 0 bridgehead atoms. The first-order valence-corrected chi connectivity index (χ1v) is 10.8. The number of aryl methyl sites for hydroxylation is 2. The number of rotatable bonds is 3. The number of hydrogen-bond acceptors (Lipinski definition) is 4. The van der Waals surface area contributed by atoms with Gasteiger partial charge >= 0.3 is 0 Å². The number of aromatic nitrogens is 3. The van der Waals surface area contributed by atoms with Gasteiger partial charge in [0.15, 0.2) is 0 Å². The van der Waals surface area contributed by atoms with Crippen molar-refractivity contribution in [2.75, 3.05) is 31.1 Å². The van der Waals surface area contributed by atoms with Crippen LogP contribution < -0.4 is 10.5 Å². The minimum Gasteiger partial charge on any atom is -0.339 e. The molecule has 0 atom stereocenters. The molecule has 7 heteroatoms. The molecule has 0 aliphatic carbocycles. The molecule has 1 N–H and O–H groups in total. The van der Waals surface area contributed by atoms with Gasteiger partial charge in [0.25, 0.3) is 11.5 Å². The molecule has 0 saturated carbocycles. The van der Waals surface area contributed by atoms with Crippen LogP contribution in [-0.4, -0.2) is 51.5 Å². The number of carbonyl (C=O) groups is 1. The SMILES string of the molecule is Cc1ccc(C)n1-c1ccc(C(=O)N2CCN(c3nc4ccccc4c(=O)[nH]3)CC2)cc1. The van der Waals surface area contributed by atoms with Gasteiger partial charge < -0.3 is 14.4 Å². The molecule has 1 aliphatic rings. The molecule has 7 nitrogen and oxygen atoms in total. The Labute approximate surface area is 185 Å². The van der Waals surface area contributed by atoms with Crippen LogP contribution >= 0.6 is 0 Å². The Morgan fingerprint density at radius 2 is 1.53 bits per heavy atom. The van der Waals surface area contributed by atoms with Crippen LogP contribution in [0.4, 0.5) is 5.95 Å². The van der Waals surface area contributed by atoms with E-state index in [-0.39, 0.29) is 11.5 Å². The van der Waals surface area contributed by atoms with Gasteiger partial charge in [0, 0.05) is 48.8 Å². The van der Waals surface area contributed by atoms with E-state index in [1.54, 1.807) is 6.07 Å². The fourth-order valence-corrected chi connectivity index (χ4v) is 4.36. The highest BCUT2D eigenvalue weighted by atomic mass is 16.2. The van der Waals surface area contributed by atoms with Crippen LogP contribution in [0.5, 0.6) is 0 Å². The van der Waals surface area contributed by atoms with Gasteiger partial charge in [-0.3, -0.25) is 14.6 Å². The van der Waals surface area contributed by atoms with E-state index in [1.165, 1.54) is 0 Å². The van der Waals surface area contributed by atoms with E-state index in [0.717, 1.165) is 17.1 Å². The maximum absolute atomic E-state index is 13.0. The summed E-state index contributed by atoms with van der Waals surface area (Å²) in [5.74, 6) is 0.583. The van der Waals surface area contributed by atoms with E-state index in [4.69, 9.17) is 0 Å². The molecular weight excluding hydrogens is 402 g/mol. The Balaban J connectivity index is 1.28. The highest BCUT2D eigenvalue weighted by molar-refractivity contribution is 5.94. The summed E-state index contributed by atoms with van der Waals surface area (Å²) < 4.78 is 2.17. The zero-order valence-corrected chi connectivity index (χ0v) is 18.2. The van der Waals surface area contributed by atoms with Crippen molar-refractivity contribution in [3.8, 4) is 5.69 Å². The van der Waals surface area contributed by atoms with Crippen molar-refractivity contribution in [2.24, 2.45) is 0 Å². The normalized spacial score (nSPS) is 14.2. The number of benzene rings is 2. The Hall–Kier alpha value is -3.87. The van der Waals surface area contributed by atoms with Gasteiger partial charge in [0.05, 0.1) is 10.9 Å². The lowest BCUT2D eigenvalue weighted by Crippen LogP contribution is -2.49. The number of H-pyrrole nitrogens is 1. The number of nitrogens with one attached hydrogen (secondary N) is 1. The standard InChI is InChI=1S/C25H25N5O2/c1-17-7-8-18(2)30(17)20-11-9-19(10-12-20)24(32)28-13-15-29(16-14-28)25-26-22-6-4-3-5-21(22)23(31)27-25/h3-12H,13-16H2,1-2H3,(H,26,27,31). The molecular formula is C25H25N5O2. The molecule has 2 aromatic heterocycles. The summed E-state index contributed by atoms with van der Waals surface area (Å²) in [4.78, 5) is 36.8. The minimum atomic E-state index is -0.141. The summed E-state index contributed by atoms with van der Waals surface area (Å²) in [6, 6.07) is 19.3. The van der Waals surface area contributed by atoms with Gasteiger partial charge in [-0.15, -0.1) is 0 Å². The van der Waals surface area contributed by atoms with Crippen molar-refractivity contribution in [1.29, 1.82) is 0 Å². The lowest BCUT2D eigenvalue weighted by atomic mass is 10.1. The third-order valence-electron chi connectivity index (χ3n) is 6.11. The number of nitrogens with zero attached hydrogens (tertiary/aromatic N) is 4. The third-order valence-corrected chi connectivity index (χ3v) is 6.11. The number of hydrogen-bond donors (Lipinski definition) is 1. The van der Waals surface area contributed by atoms with E-state index in [1.807, 2.05) is 52.3 Å². The second-order valence-corrected chi connectivity index (χ2v) is 8.18. The Bertz CT molecular complexity index is 1330. The van der Waals surface area contributed by atoms with Crippen LogP contribution in [0.3, 0.4) is 0 Å². The Kier molecular flexibility index (Phi) is 5.01. The maximum Gasteiger partial charge on any atom is 0.260 e. The zero-order chi connectivity index (χ0) is 22.2. The second-order valence-electron chi connectivity index (χ2n) is 8.18. The average molecular weight is 428 g/mol. The summed E-state index contributed by atoms with van der Waals surface area (Å²) in [5.41, 5.74) is 4.60. The monoisotopic (exact) mass is 427 g/mol. The van der Waals surface area contributed by atoms with Gasteiger partial charge in [0.2, 0.25) is 5.95 Å². The molecule has 162 valence electrons.